The molecule has 3 rings (SSSR count). The Morgan fingerprint density at radius 1 is 1.33 bits per heavy atom. The number of sulfonamides is 1. The Bertz CT molecular complexity index is 871. The van der Waals surface area contributed by atoms with Crippen LogP contribution < -0.4 is 0 Å². The van der Waals surface area contributed by atoms with Gasteiger partial charge in [-0.25, -0.2) is 8.42 Å². The van der Waals surface area contributed by atoms with E-state index in [1.165, 1.54) is 28.6 Å². The summed E-state index contributed by atoms with van der Waals surface area (Å²) >= 11 is 0. The van der Waals surface area contributed by atoms with Gasteiger partial charge in [-0.15, -0.1) is 0 Å². The second-order valence-corrected chi connectivity index (χ2v) is 7.60. The third kappa shape index (κ3) is 2.59. The van der Waals surface area contributed by atoms with Crippen LogP contribution in [-0.4, -0.2) is 29.3 Å². The normalized spacial score (nSPS) is 18.8. The van der Waals surface area contributed by atoms with Gasteiger partial charge in [0, 0.05) is 18.2 Å². The molecule has 128 valence electrons. The standard InChI is InChI=1S/C15H17N3O5S/c1-10-15(11(2)23-16-10)13-7-5-9-17(13)24(21,22)14-8-4-3-6-12(14)18(19)20/h3-4,6,8,13H,5,7,9H2,1-2H3/t13-/m1/s1. The molecule has 2 heterocycles. The van der Waals surface area contributed by atoms with E-state index in [0.29, 0.717) is 30.8 Å². The second kappa shape index (κ2) is 5.99. The highest BCUT2D eigenvalue weighted by Crippen LogP contribution is 2.40. The molecule has 1 saturated heterocycles. The van der Waals surface area contributed by atoms with Crippen molar-refractivity contribution in [3.05, 3.63) is 51.4 Å². The molecule has 2 aromatic rings. The lowest BCUT2D eigenvalue weighted by molar-refractivity contribution is -0.387. The predicted molar refractivity (Wildman–Crippen MR) is 84.9 cm³/mol. The van der Waals surface area contributed by atoms with Crippen molar-refractivity contribution in [2.24, 2.45) is 0 Å². The Hall–Kier alpha value is -2.26. The summed E-state index contributed by atoms with van der Waals surface area (Å²) in [6, 6.07) is 5.00. The number of nitro benzene ring substituents is 1. The summed E-state index contributed by atoms with van der Waals surface area (Å²) in [5, 5.41) is 15.1. The molecule has 8 nitrogen and oxygen atoms in total. The van der Waals surface area contributed by atoms with E-state index < -0.39 is 26.7 Å². The Balaban J connectivity index is 2.09. The molecule has 1 atom stereocenters. The maximum Gasteiger partial charge on any atom is 0.289 e. The summed E-state index contributed by atoms with van der Waals surface area (Å²) in [7, 11) is -4.00. The quantitative estimate of drug-likeness (QED) is 0.619. The summed E-state index contributed by atoms with van der Waals surface area (Å²) < 4.78 is 32.6. The van der Waals surface area contributed by atoms with Gasteiger partial charge in [0.1, 0.15) is 5.76 Å². The SMILES string of the molecule is Cc1noc(C)c1[C@H]1CCCN1S(=O)(=O)c1ccccc1[N+](=O)[O-]. The average molecular weight is 351 g/mol. The first kappa shape index (κ1) is 16.6. The fourth-order valence-electron chi connectivity index (χ4n) is 3.23. The minimum absolute atomic E-state index is 0.284. The molecule has 9 heteroatoms. The van der Waals surface area contributed by atoms with Crippen LogP contribution in [0.5, 0.6) is 0 Å². The monoisotopic (exact) mass is 351 g/mol. The van der Waals surface area contributed by atoms with E-state index in [-0.39, 0.29) is 4.90 Å². The van der Waals surface area contributed by atoms with E-state index in [1.807, 2.05) is 0 Å². The Morgan fingerprint density at radius 2 is 2.04 bits per heavy atom. The van der Waals surface area contributed by atoms with Crippen molar-refractivity contribution in [2.45, 2.75) is 37.6 Å². The zero-order valence-corrected chi connectivity index (χ0v) is 14.1. The van der Waals surface area contributed by atoms with Gasteiger partial charge in [-0.05, 0) is 32.8 Å². The average Bonchev–Trinajstić information content (AvgIpc) is 3.14. The van der Waals surface area contributed by atoms with Gasteiger partial charge in [-0.2, -0.15) is 4.31 Å². The van der Waals surface area contributed by atoms with E-state index >= 15 is 0 Å². The van der Waals surface area contributed by atoms with Crippen LogP contribution in [0.3, 0.4) is 0 Å². The summed E-state index contributed by atoms with van der Waals surface area (Å²) in [6.07, 6.45) is 1.30. The topological polar surface area (TPSA) is 107 Å². The van der Waals surface area contributed by atoms with Gasteiger partial charge in [0.05, 0.1) is 16.7 Å². The summed E-state index contributed by atoms with van der Waals surface area (Å²) in [4.78, 5) is 10.2. The maximum absolute atomic E-state index is 13.1. The predicted octanol–water partition coefficient (Wildman–Crippen LogP) is 2.73. The van der Waals surface area contributed by atoms with E-state index in [9.17, 15) is 18.5 Å². The van der Waals surface area contributed by atoms with Crippen molar-refractivity contribution in [1.29, 1.82) is 0 Å². The van der Waals surface area contributed by atoms with Gasteiger partial charge in [-0.3, -0.25) is 10.1 Å². The fourth-order valence-corrected chi connectivity index (χ4v) is 5.06. The van der Waals surface area contributed by atoms with Crippen LogP contribution in [0.2, 0.25) is 0 Å². The highest BCUT2D eigenvalue weighted by molar-refractivity contribution is 7.89. The van der Waals surface area contributed by atoms with Gasteiger partial charge in [0.2, 0.25) is 10.0 Å². The number of nitrogens with zero attached hydrogens (tertiary/aromatic N) is 3. The van der Waals surface area contributed by atoms with Gasteiger partial charge < -0.3 is 4.52 Å². The second-order valence-electron chi connectivity index (χ2n) is 5.74. The molecule has 0 N–H and O–H groups in total. The van der Waals surface area contributed by atoms with Crippen LogP contribution in [0, 0.1) is 24.0 Å². The minimum Gasteiger partial charge on any atom is -0.361 e. The number of aromatic nitrogens is 1. The molecule has 1 aromatic carbocycles. The van der Waals surface area contributed by atoms with E-state index in [0.717, 1.165) is 5.56 Å². The summed E-state index contributed by atoms with van der Waals surface area (Å²) in [6.45, 7) is 3.81. The molecule has 0 unspecified atom stereocenters. The number of hydrogen-bond donors (Lipinski definition) is 0. The molecule has 0 spiro atoms. The molecular weight excluding hydrogens is 334 g/mol. The van der Waals surface area contributed by atoms with E-state index in [2.05, 4.69) is 5.16 Å². The molecule has 0 saturated carbocycles. The van der Waals surface area contributed by atoms with Crippen LogP contribution in [0.25, 0.3) is 0 Å². The van der Waals surface area contributed by atoms with Crippen molar-refractivity contribution in [2.75, 3.05) is 6.54 Å². The van der Waals surface area contributed by atoms with Gasteiger partial charge in [0.15, 0.2) is 4.90 Å². The van der Waals surface area contributed by atoms with Crippen molar-refractivity contribution < 1.29 is 17.9 Å². The highest BCUT2D eigenvalue weighted by atomic mass is 32.2. The molecule has 0 amide bonds. The van der Waals surface area contributed by atoms with Crippen LogP contribution in [0.4, 0.5) is 5.69 Å². The first-order chi connectivity index (χ1) is 11.3. The summed E-state index contributed by atoms with van der Waals surface area (Å²) in [5.41, 5.74) is 0.971. The summed E-state index contributed by atoms with van der Waals surface area (Å²) in [5.74, 6) is 0.571. The number of para-hydroxylation sites is 1. The number of benzene rings is 1. The van der Waals surface area contributed by atoms with E-state index in [4.69, 9.17) is 4.52 Å². The lowest BCUT2D eigenvalue weighted by atomic mass is 10.0. The van der Waals surface area contributed by atoms with Crippen molar-refractivity contribution in [1.82, 2.24) is 9.46 Å². The van der Waals surface area contributed by atoms with Gasteiger partial charge >= 0.3 is 0 Å². The Kier molecular flexibility index (Phi) is 4.14. The zero-order chi connectivity index (χ0) is 17.5. The minimum atomic E-state index is -4.00. The van der Waals surface area contributed by atoms with Crippen LogP contribution in [-0.2, 0) is 10.0 Å². The third-order valence-electron chi connectivity index (χ3n) is 4.27. The van der Waals surface area contributed by atoms with Crippen LogP contribution in [0.15, 0.2) is 33.7 Å². The lowest BCUT2D eigenvalue weighted by Crippen LogP contribution is -2.31. The van der Waals surface area contributed by atoms with Gasteiger partial charge in [-0.1, -0.05) is 17.3 Å². The number of aryl methyl sites for hydroxylation is 2. The molecule has 0 aliphatic carbocycles. The highest BCUT2D eigenvalue weighted by Gasteiger charge is 2.41. The van der Waals surface area contributed by atoms with Crippen LogP contribution in [0.1, 0.15) is 35.9 Å². The first-order valence-electron chi connectivity index (χ1n) is 7.52. The molecule has 1 fully saturated rings. The first-order valence-corrected chi connectivity index (χ1v) is 8.96. The number of hydrogen-bond acceptors (Lipinski definition) is 6. The van der Waals surface area contributed by atoms with Crippen LogP contribution >= 0.6 is 0 Å². The Morgan fingerprint density at radius 3 is 2.67 bits per heavy atom. The molecule has 0 radical (unpaired) electrons. The number of nitro groups is 1. The Labute approximate surface area is 139 Å². The van der Waals surface area contributed by atoms with Crippen molar-refractivity contribution >= 4 is 15.7 Å². The molecule has 1 aliphatic rings. The van der Waals surface area contributed by atoms with E-state index in [1.54, 1.807) is 13.8 Å². The van der Waals surface area contributed by atoms with Crippen molar-refractivity contribution in [3.8, 4) is 0 Å². The molecule has 1 aromatic heterocycles. The molecular formula is C15H17N3O5S. The largest absolute Gasteiger partial charge is 0.361 e. The fraction of sp³-hybridized carbons (Fsp3) is 0.400. The smallest absolute Gasteiger partial charge is 0.289 e. The molecule has 24 heavy (non-hydrogen) atoms. The maximum atomic E-state index is 13.1. The molecule has 0 bridgehead atoms. The van der Waals surface area contributed by atoms with Gasteiger partial charge in [0.25, 0.3) is 5.69 Å². The third-order valence-corrected chi connectivity index (χ3v) is 6.23. The lowest BCUT2D eigenvalue weighted by Gasteiger charge is -2.24. The number of rotatable bonds is 4. The zero-order valence-electron chi connectivity index (χ0n) is 13.3. The molecule has 1 aliphatic heterocycles. The van der Waals surface area contributed by atoms with Crippen molar-refractivity contribution in [3.63, 3.8) is 0 Å².